The van der Waals surface area contributed by atoms with Gasteiger partial charge in [0.25, 0.3) is 5.69 Å². The molecule has 1 aliphatic rings. The maximum Gasteiger partial charge on any atom is 0.292 e. The van der Waals surface area contributed by atoms with E-state index < -0.39 is 10.2 Å². The molecule has 130 valence electrons. The van der Waals surface area contributed by atoms with Crippen molar-refractivity contribution in [1.29, 1.82) is 0 Å². The number of anilines is 1. The minimum absolute atomic E-state index is 0.132. The van der Waals surface area contributed by atoms with E-state index in [9.17, 15) is 14.9 Å². The zero-order chi connectivity index (χ0) is 17.8. The molecule has 1 heterocycles. The number of rotatable bonds is 5. The molecule has 0 spiro atoms. The van der Waals surface area contributed by atoms with Crippen LogP contribution in [0.1, 0.15) is 6.92 Å². The molecule has 7 nitrogen and oxygen atoms in total. The van der Waals surface area contributed by atoms with Gasteiger partial charge in [0, 0.05) is 11.0 Å². The van der Waals surface area contributed by atoms with E-state index in [0.29, 0.717) is 24.7 Å². The molecule has 0 saturated heterocycles. The number of thioether (sulfide) groups is 1. The molecule has 0 radical (unpaired) electrons. The number of nitro groups is 1. The van der Waals surface area contributed by atoms with Crippen LogP contribution < -0.4 is 14.8 Å². The number of fused-ring (bicyclic) bond motifs is 1. The van der Waals surface area contributed by atoms with Gasteiger partial charge in [-0.05, 0) is 31.2 Å². The summed E-state index contributed by atoms with van der Waals surface area (Å²) in [6.07, 6.45) is 0. The molecule has 1 N–H and O–H groups in total. The summed E-state index contributed by atoms with van der Waals surface area (Å²) < 4.78 is 11.0. The first-order chi connectivity index (χ1) is 12.0. The average molecular weight is 360 g/mol. The van der Waals surface area contributed by atoms with Gasteiger partial charge in [-0.15, -0.1) is 11.8 Å². The SMILES string of the molecule is C[C@H](Sc1ccc2c(c1)OCCO2)C(=O)Nc1ccccc1[N+](=O)[O-]. The second kappa shape index (κ2) is 7.43. The van der Waals surface area contributed by atoms with Gasteiger partial charge < -0.3 is 14.8 Å². The van der Waals surface area contributed by atoms with Gasteiger partial charge in [0.05, 0.1) is 10.2 Å². The minimum Gasteiger partial charge on any atom is -0.486 e. The van der Waals surface area contributed by atoms with Crippen molar-refractivity contribution < 1.29 is 19.2 Å². The van der Waals surface area contributed by atoms with E-state index in [4.69, 9.17) is 9.47 Å². The molecule has 0 fully saturated rings. The summed E-state index contributed by atoms with van der Waals surface area (Å²) >= 11 is 1.34. The number of para-hydroxylation sites is 2. The summed E-state index contributed by atoms with van der Waals surface area (Å²) in [5, 5.41) is 13.2. The van der Waals surface area contributed by atoms with Crippen LogP contribution in [0.5, 0.6) is 11.5 Å². The number of hydrogen-bond donors (Lipinski definition) is 1. The second-order valence-corrected chi connectivity index (χ2v) is 6.74. The van der Waals surface area contributed by atoms with Gasteiger partial charge in [0.2, 0.25) is 5.91 Å². The van der Waals surface area contributed by atoms with Crippen molar-refractivity contribution in [3.8, 4) is 11.5 Å². The van der Waals surface area contributed by atoms with Gasteiger partial charge in [0.15, 0.2) is 11.5 Å². The van der Waals surface area contributed by atoms with Crippen LogP contribution in [0.15, 0.2) is 47.4 Å². The predicted octanol–water partition coefficient (Wildman–Crippen LogP) is 3.49. The van der Waals surface area contributed by atoms with Crippen LogP contribution in [0, 0.1) is 10.1 Å². The van der Waals surface area contributed by atoms with Crippen molar-refractivity contribution in [2.45, 2.75) is 17.1 Å². The quantitative estimate of drug-likeness (QED) is 0.499. The summed E-state index contributed by atoms with van der Waals surface area (Å²) in [5.74, 6) is 1.03. The number of nitrogens with zero attached hydrogens (tertiary/aromatic N) is 1. The highest BCUT2D eigenvalue weighted by Gasteiger charge is 2.20. The molecule has 2 aromatic rings. The fourth-order valence-corrected chi connectivity index (χ4v) is 3.22. The third kappa shape index (κ3) is 4.03. The van der Waals surface area contributed by atoms with Gasteiger partial charge >= 0.3 is 0 Å². The molecule has 0 saturated carbocycles. The summed E-state index contributed by atoms with van der Waals surface area (Å²) in [5.41, 5.74) is 0.0551. The standard InChI is InChI=1S/C17H16N2O5S/c1-11(17(20)18-13-4-2-3-5-14(13)19(21)22)25-12-6-7-15-16(10-12)24-9-8-23-15/h2-7,10-11H,8-9H2,1H3,(H,18,20)/t11-/m0/s1. The monoisotopic (exact) mass is 360 g/mol. The van der Waals surface area contributed by atoms with Crippen LogP contribution in [0.2, 0.25) is 0 Å². The smallest absolute Gasteiger partial charge is 0.292 e. The highest BCUT2D eigenvalue weighted by atomic mass is 32.2. The Bertz CT molecular complexity index is 811. The van der Waals surface area contributed by atoms with Crippen molar-refractivity contribution >= 4 is 29.0 Å². The fourth-order valence-electron chi connectivity index (χ4n) is 2.33. The molecule has 0 aromatic heterocycles. The number of amides is 1. The molecular formula is C17H16N2O5S. The minimum atomic E-state index is -0.520. The van der Waals surface area contributed by atoms with E-state index in [2.05, 4.69) is 5.32 Å². The van der Waals surface area contributed by atoms with Gasteiger partial charge in [-0.25, -0.2) is 0 Å². The first kappa shape index (κ1) is 17.1. The number of hydrogen-bond acceptors (Lipinski definition) is 6. The highest BCUT2D eigenvalue weighted by Crippen LogP contribution is 2.35. The van der Waals surface area contributed by atoms with Gasteiger partial charge in [-0.1, -0.05) is 12.1 Å². The van der Waals surface area contributed by atoms with Crippen LogP contribution in [0.4, 0.5) is 11.4 Å². The lowest BCUT2D eigenvalue weighted by Gasteiger charge is -2.19. The Labute approximate surface area is 148 Å². The third-order valence-corrected chi connectivity index (χ3v) is 4.65. The molecule has 1 aliphatic heterocycles. The third-order valence-electron chi connectivity index (χ3n) is 3.55. The fraction of sp³-hybridized carbons (Fsp3) is 0.235. The molecule has 25 heavy (non-hydrogen) atoms. The number of benzene rings is 2. The van der Waals surface area contributed by atoms with Gasteiger partial charge in [-0.2, -0.15) is 0 Å². The van der Waals surface area contributed by atoms with Crippen LogP contribution in [0.3, 0.4) is 0 Å². The summed E-state index contributed by atoms with van der Waals surface area (Å²) in [6.45, 7) is 2.76. The van der Waals surface area contributed by atoms with Crippen LogP contribution in [0.25, 0.3) is 0 Å². The first-order valence-electron chi connectivity index (χ1n) is 7.65. The molecule has 3 rings (SSSR count). The topological polar surface area (TPSA) is 90.7 Å². The molecule has 1 amide bonds. The lowest BCUT2D eigenvalue weighted by atomic mass is 10.2. The number of carbonyl (C=O) groups excluding carboxylic acids is 1. The van der Waals surface area contributed by atoms with Crippen molar-refractivity contribution in [2.75, 3.05) is 18.5 Å². The first-order valence-corrected chi connectivity index (χ1v) is 8.53. The molecule has 2 aromatic carbocycles. The maximum atomic E-state index is 12.4. The zero-order valence-electron chi connectivity index (χ0n) is 13.4. The number of carbonyl (C=O) groups is 1. The van der Waals surface area contributed by atoms with Crippen LogP contribution in [-0.2, 0) is 4.79 Å². The van der Waals surface area contributed by atoms with Crippen molar-refractivity contribution in [3.05, 3.63) is 52.6 Å². The van der Waals surface area contributed by atoms with E-state index in [1.165, 1.54) is 23.9 Å². The Balaban J connectivity index is 1.68. The predicted molar refractivity (Wildman–Crippen MR) is 94.5 cm³/mol. The Morgan fingerprint density at radius 1 is 1.20 bits per heavy atom. The van der Waals surface area contributed by atoms with Crippen molar-refractivity contribution in [1.82, 2.24) is 0 Å². The summed E-state index contributed by atoms with van der Waals surface area (Å²) in [6, 6.07) is 11.6. The normalized spacial score (nSPS) is 13.8. The van der Waals surface area contributed by atoms with Crippen LogP contribution >= 0.6 is 11.8 Å². The number of nitrogens with one attached hydrogen (secondary N) is 1. The molecular weight excluding hydrogens is 344 g/mol. The van der Waals surface area contributed by atoms with E-state index in [1.807, 2.05) is 18.2 Å². The Morgan fingerprint density at radius 3 is 2.68 bits per heavy atom. The van der Waals surface area contributed by atoms with E-state index in [0.717, 1.165) is 4.90 Å². The maximum absolute atomic E-state index is 12.4. The van der Waals surface area contributed by atoms with E-state index in [1.54, 1.807) is 19.1 Å². The Kier molecular flexibility index (Phi) is 5.08. The lowest BCUT2D eigenvalue weighted by Crippen LogP contribution is -2.23. The van der Waals surface area contributed by atoms with Gasteiger partial charge in [0.1, 0.15) is 18.9 Å². The zero-order valence-corrected chi connectivity index (χ0v) is 14.2. The van der Waals surface area contributed by atoms with Crippen molar-refractivity contribution in [3.63, 3.8) is 0 Å². The van der Waals surface area contributed by atoms with E-state index >= 15 is 0 Å². The molecule has 1 atom stereocenters. The number of ether oxygens (including phenoxy) is 2. The molecule has 0 aliphatic carbocycles. The molecule has 0 bridgehead atoms. The Morgan fingerprint density at radius 2 is 1.92 bits per heavy atom. The average Bonchev–Trinajstić information content (AvgIpc) is 2.61. The summed E-state index contributed by atoms with van der Waals surface area (Å²) in [7, 11) is 0. The van der Waals surface area contributed by atoms with E-state index in [-0.39, 0.29) is 17.3 Å². The molecule has 8 heteroatoms. The lowest BCUT2D eigenvalue weighted by molar-refractivity contribution is -0.383. The van der Waals surface area contributed by atoms with Crippen LogP contribution in [-0.4, -0.2) is 29.3 Å². The second-order valence-electron chi connectivity index (χ2n) is 5.33. The van der Waals surface area contributed by atoms with Crippen molar-refractivity contribution in [2.24, 2.45) is 0 Å². The summed E-state index contributed by atoms with van der Waals surface area (Å²) in [4.78, 5) is 23.7. The Hall–Kier alpha value is -2.74. The largest absolute Gasteiger partial charge is 0.486 e. The number of nitro benzene ring substituents is 1. The molecule has 0 unspecified atom stereocenters. The van der Waals surface area contributed by atoms with Gasteiger partial charge in [-0.3, -0.25) is 14.9 Å². The highest BCUT2D eigenvalue weighted by molar-refractivity contribution is 8.00.